The molecule has 1 saturated heterocycles. The van der Waals surface area contributed by atoms with Gasteiger partial charge in [0.25, 0.3) is 0 Å². The lowest BCUT2D eigenvalue weighted by Gasteiger charge is -2.39. The van der Waals surface area contributed by atoms with Gasteiger partial charge < -0.3 is 4.74 Å². The van der Waals surface area contributed by atoms with E-state index in [1.54, 1.807) is 43.9 Å². The second-order valence-corrected chi connectivity index (χ2v) is 8.16. The number of thioether (sulfide) groups is 1. The minimum Gasteiger partial charge on any atom is -0.459 e. The van der Waals surface area contributed by atoms with E-state index in [4.69, 9.17) is 27.9 Å². The van der Waals surface area contributed by atoms with Gasteiger partial charge in [-0.2, -0.15) is 0 Å². The maximum Gasteiger partial charge on any atom is 0.338 e. The molecule has 0 unspecified atom stereocenters. The monoisotopic (exact) mass is 412 g/mol. The van der Waals surface area contributed by atoms with Crippen LogP contribution in [0.3, 0.4) is 0 Å². The van der Waals surface area contributed by atoms with Gasteiger partial charge in [0.05, 0.1) is 33.5 Å². The molecule has 2 heterocycles. The highest BCUT2D eigenvalue weighted by atomic mass is 35.5. The molecule has 138 valence electrons. The van der Waals surface area contributed by atoms with Gasteiger partial charge in [-0.1, -0.05) is 41.0 Å². The number of hydrogen-bond donors (Lipinski definition) is 0. The second kappa shape index (κ2) is 7.62. The number of amidine groups is 1. The molecule has 0 bridgehead atoms. The number of hydrogen-bond acceptors (Lipinski definition) is 5. The van der Waals surface area contributed by atoms with Crippen molar-refractivity contribution in [3.8, 4) is 0 Å². The Balaban J connectivity index is 2.16. The van der Waals surface area contributed by atoms with Gasteiger partial charge in [-0.3, -0.25) is 9.69 Å². The molecule has 0 aromatic heterocycles. The average Bonchev–Trinajstić information content (AvgIpc) is 2.55. The van der Waals surface area contributed by atoms with E-state index in [0.29, 0.717) is 44.2 Å². The van der Waals surface area contributed by atoms with Gasteiger partial charge in [-0.25, -0.2) is 9.79 Å². The highest BCUT2D eigenvalue weighted by Gasteiger charge is 2.41. The number of carbonyl (C=O) groups is 2. The lowest BCUT2D eigenvalue weighted by molar-refractivity contribution is -0.143. The fraction of sp³-hybridized carbons (Fsp3) is 0.389. The summed E-state index contributed by atoms with van der Waals surface area (Å²) in [4.78, 5) is 31.5. The van der Waals surface area contributed by atoms with E-state index in [1.165, 1.54) is 11.8 Å². The van der Waals surface area contributed by atoms with Crippen molar-refractivity contribution in [2.24, 2.45) is 4.99 Å². The lowest BCUT2D eigenvalue weighted by Crippen LogP contribution is -2.46. The molecule has 1 aromatic rings. The van der Waals surface area contributed by atoms with Gasteiger partial charge in [0.1, 0.15) is 0 Å². The molecule has 3 rings (SSSR count). The Hall–Kier alpha value is -1.50. The van der Waals surface area contributed by atoms with Crippen LogP contribution in [0.5, 0.6) is 0 Å². The topological polar surface area (TPSA) is 59.0 Å². The molecular weight excluding hydrogens is 395 g/mol. The number of nitrogens with zero attached hydrogens (tertiary/aromatic N) is 2. The summed E-state index contributed by atoms with van der Waals surface area (Å²) in [6.07, 6.45) is 0.0987. The summed E-state index contributed by atoms with van der Waals surface area (Å²) in [7, 11) is 0. The highest BCUT2D eigenvalue weighted by molar-refractivity contribution is 8.14. The number of allylic oxidation sites excluding steroid dienone is 1. The fourth-order valence-electron chi connectivity index (χ4n) is 2.93. The van der Waals surface area contributed by atoms with Crippen LogP contribution in [0.25, 0.3) is 0 Å². The van der Waals surface area contributed by atoms with E-state index in [-0.39, 0.29) is 12.0 Å². The molecule has 26 heavy (non-hydrogen) atoms. The second-order valence-electron chi connectivity index (χ2n) is 6.29. The highest BCUT2D eigenvalue weighted by Crippen LogP contribution is 2.41. The van der Waals surface area contributed by atoms with Gasteiger partial charge in [0.2, 0.25) is 5.91 Å². The SMILES string of the molecule is CC1=C(C(=O)OC(C)C)[C@H](c2ccc(Cl)c(Cl)c2)N2C(=O)CCSC2=N1. The van der Waals surface area contributed by atoms with E-state index in [1.807, 2.05) is 0 Å². The number of ether oxygens (including phenoxy) is 1. The van der Waals surface area contributed by atoms with Crippen molar-refractivity contribution in [1.82, 2.24) is 4.90 Å². The third kappa shape index (κ3) is 3.63. The maximum atomic E-state index is 12.8. The van der Waals surface area contributed by atoms with Crippen molar-refractivity contribution in [2.75, 3.05) is 5.75 Å². The standard InChI is InChI=1S/C18H18Cl2N2O3S/c1-9(2)25-17(24)15-10(3)21-18-22(14(23)6-7-26-18)16(15)11-4-5-12(19)13(20)8-11/h4-5,8-9,16H,6-7H2,1-3H3/t16-/m0/s1. The summed E-state index contributed by atoms with van der Waals surface area (Å²) in [6.45, 7) is 5.31. The zero-order chi connectivity index (χ0) is 19.0. The van der Waals surface area contributed by atoms with Crippen LogP contribution in [0.1, 0.15) is 38.8 Å². The summed E-state index contributed by atoms with van der Waals surface area (Å²) in [5, 5.41) is 1.36. The number of amides is 1. The van der Waals surface area contributed by atoms with Crippen molar-refractivity contribution in [1.29, 1.82) is 0 Å². The van der Waals surface area contributed by atoms with Crippen LogP contribution >= 0.6 is 35.0 Å². The van der Waals surface area contributed by atoms with E-state index >= 15 is 0 Å². The third-order valence-corrected chi connectivity index (χ3v) is 5.72. The minimum absolute atomic E-state index is 0.0825. The van der Waals surface area contributed by atoms with Crippen LogP contribution < -0.4 is 0 Å². The predicted molar refractivity (Wildman–Crippen MR) is 104 cm³/mol. The van der Waals surface area contributed by atoms with Crippen molar-refractivity contribution in [2.45, 2.75) is 39.3 Å². The number of fused-ring (bicyclic) bond motifs is 1. The summed E-state index contributed by atoms with van der Waals surface area (Å²) < 4.78 is 5.41. The molecule has 0 saturated carbocycles. The number of rotatable bonds is 3. The Bertz CT molecular complexity index is 836. The summed E-state index contributed by atoms with van der Waals surface area (Å²) in [5.41, 5.74) is 1.58. The van der Waals surface area contributed by atoms with Crippen LogP contribution in [-0.2, 0) is 14.3 Å². The zero-order valence-corrected chi connectivity index (χ0v) is 16.9. The number of carbonyl (C=O) groups excluding carboxylic acids is 2. The molecule has 0 N–H and O–H groups in total. The first-order valence-corrected chi connectivity index (χ1v) is 9.94. The molecule has 5 nitrogen and oxygen atoms in total. The summed E-state index contributed by atoms with van der Waals surface area (Å²) in [6, 6.07) is 4.47. The number of aliphatic imine (C=N–C) groups is 1. The molecule has 1 atom stereocenters. The Kier molecular flexibility index (Phi) is 5.65. The lowest BCUT2D eigenvalue weighted by atomic mass is 9.94. The molecule has 0 radical (unpaired) electrons. The van der Waals surface area contributed by atoms with Crippen molar-refractivity contribution in [3.63, 3.8) is 0 Å². The Morgan fingerprint density at radius 3 is 2.73 bits per heavy atom. The van der Waals surface area contributed by atoms with Gasteiger partial charge in [-0.15, -0.1) is 0 Å². The quantitative estimate of drug-likeness (QED) is 0.680. The van der Waals surface area contributed by atoms with E-state index in [0.717, 1.165) is 0 Å². The zero-order valence-electron chi connectivity index (χ0n) is 14.6. The van der Waals surface area contributed by atoms with Crippen LogP contribution in [-0.4, -0.2) is 33.8 Å². The fourth-order valence-corrected chi connectivity index (χ4v) is 4.25. The smallest absolute Gasteiger partial charge is 0.338 e. The molecule has 1 amide bonds. The van der Waals surface area contributed by atoms with Crippen molar-refractivity contribution in [3.05, 3.63) is 45.1 Å². The van der Waals surface area contributed by atoms with E-state index in [9.17, 15) is 9.59 Å². The first-order chi connectivity index (χ1) is 12.3. The molecule has 1 fully saturated rings. The van der Waals surface area contributed by atoms with E-state index in [2.05, 4.69) is 4.99 Å². The van der Waals surface area contributed by atoms with Gasteiger partial charge >= 0.3 is 5.97 Å². The van der Waals surface area contributed by atoms with Gasteiger partial charge in [0, 0.05) is 12.2 Å². The van der Waals surface area contributed by atoms with Crippen molar-refractivity contribution < 1.29 is 14.3 Å². The normalized spacial score (nSPS) is 20.2. The number of halogens is 2. The third-order valence-electron chi connectivity index (χ3n) is 4.03. The number of esters is 1. The molecule has 1 aromatic carbocycles. The van der Waals surface area contributed by atoms with Crippen LogP contribution in [0, 0.1) is 0 Å². The minimum atomic E-state index is -0.635. The molecular formula is C18H18Cl2N2O3S. The van der Waals surface area contributed by atoms with Crippen LogP contribution in [0.2, 0.25) is 10.0 Å². The Morgan fingerprint density at radius 2 is 2.08 bits per heavy atom. The molecule has 0 aliphatic carbocycles. The Labute approximate surface area is 166 Å². The molecule has 2 aliphatic rings. The average molecular weight is 413 g/mol. The van der Waals surface area contributed by atoms with Crippen LogP contribution in [0.15, 0.2) is 34.5 Å². The first kappa shape index (κ1) is 19.3. The summed E-state index contributed by atoms with van der Waals surface area (Å²) >= 11 is 13.7. The maximum absolute atomic E-state index is 12.8. The molecule has 8 heteroatoms. The van der Waals surface area contributed by atoms with E-state index < -0.39 is 12.0 Å². The van der Waals surface area contributed by atoms with Gasteiger partial charge in [-0.05, 0) is 38.5 Å². The predicted octanol–water partition coefficient (Wildman–Crippen LogP) is 4.60. The number of benzene rings is 1. The summed E-state index contributed by atoms with van der Waals surface area (Å²) in [5.74, 6) is 0.0991. The first-order valence-electron chi connectivity index (χ1n) is 8.20. The molecule has 2 aliphatic heterocycles. The van der Waals surface area contributed by atoms with Gasteiger partial charge in [0.15, 0.2) is 5.17 Å². The Morgan fingerprint density at radius 1 is 1.35 bits per heavy atom. The molecule has 0 spiro atoms. The van der Waals surface area contributed by atoms with Crippen molar-refractivity contribution >= 4 is 52.0 Å². The van der Waals surface area contributed by atoms with Crippen LogP contribution in [0.4, 0.5) is 0 Å². The largest absolute Gasteiger partial charge is 0.459 e.